The molecule has 2 saturated heterocycles. The Balaban J connectivity index is 1.58. The zero-order chi connectivity index (χ0) is 22.7. The minimum absolute atomic E-state index is 0.0456. The van der Waals surface area contributed by atoms with Gasteiger partial charge in [-0.25, -0.2) is 4.79 Å². The van der Waals surface area contributed by atoms with Crippen LogP contribution >= 0.6 is 0 Å². The summed E-state index contributed by atoms with van der Waals surface area (Å²) in [5, 5.41) is 0. The molecule has 2 bridgehead atoms. The molecule has 2 amide bonds. The summed E-state index contributed by atoms with van der Waals surface area (Å²) < 4.78 is 5.66. The number of hydrogen-bond donors (Lipinski definition) is 1. The molecule has 3 aliphatic rings. The Hall–Kier alpha value is -2.28. The van der Waals surface area contributed by atoms with E-state index < -0.39 is 5.60 Å². The maximum absolute atomic E-state index is 12.8. The normalized spacial score (nSPS) is 30.3. The van der Waals surface area contributed by atoms with Gasteiger partial charge in [0.1, 0.15) is 5.60 Å². The first-order chi connectivity index (χ1) is 14.5. The molecule has 2 fully saturated rings. The lowest BCUT2D eigenvalue weighted by Gasteiger charge is -2.44. The second kappa shape index (κ2) is 7.69. The second-order valence-electron chi connectivity index (χ2n) is 10.4. The SMILES string of the molecule is CC(=O)N1c2ccc(N3CC4CCC(C3)N4C(=O)OC(C)(C)C)cc2[C@H](N)C(C)[C@@H]1C. The minimum Gasteiger partial charge on any atom is -0.444 e. The van der Waals surface area contributed by atoms with Crippen LogP contribution in [0.2, 0.25) is 0 Å². The van der Waals surface area contributed by atoms with E-state index in [9.17, 15) is 9.59 Å². The van der Waals surface area contributed by atoms with Gasteiger partial charge in [-0.2, -0.15) is 0 Å². The Morgan fingerprint density at radius 1 is 1.10 bits per heavy atom. The highest BCUT2D eigenvalue weighted by Crippen LogP contribution is 2.42. The van der Waals surface area contributed by atoms with E-state index >= 15 is 0 Å². The van der Waals surface area contributed by atoms with E-state index in [1.807, 2.05) is 36.6 Å². The fourth-order valence-electron chi connectivity index (χ4n) is 5.45. The van der Waals surface area contributed by atoms with E-state index in [1.165, 1.54) is 0 Å². The second-order valence-corrected chi connectivity index (χ2v) is 10.4. The molecule has 0 saturated carbocycles. The Labute approximate surface area is 185 Å². The van der Waals surface area contributed by atoms with Gasteiger partial charge in [-0.1, -0.05) is 6.92 Å². The molecule has 3 heterocycles. The van der Waals surface area contributed by atoms with E-state index in [1.54, 1.807) is 6.92 Å². The molecule has 2 N–H and O–H groups in total. The molecular formula is C24H36N4O3. The van der Waals surface area contributed by atoms with Crippen LogP contribution in [-0.4, -0.2) is 53.7 Å². The molecule has 5 atom stereocenters. The third-order valence-electron chi connectivity index (χ3n) is 7.16. The van der Waals surface area contributed by atoms with Crippen LogP contribution in [-0.2, 0) is 9.53 Å². The molecular weight excluding hydrogens is 392 g/mol. The predicted octanol–water partition coefficient (Wildman–Crippen LogP) is 3.67. The minimum atomic E-state index is -0.487. The number of carbonyl (C=O) groups excluding carboxylic acids is 2. The van der Waals surface area contributed by atoms with Crippen molar-refractivity contribution in [2.24, 2.45) is 11.7 Å². The summed E-state index contributed by atoms with van der Waals surface area (Å²) in [6.45, 7) is 13.1. The Morgan fingerprint density at radius 2 is 1.71 bits per heavy atom. The zero-order valence-corrected chi connectivity index (χ0v) is 19.6. The standard InChI is InChI=1S/C24H36N4O3/c1-14-15(2)27(16(3)29)21-10-9-17(11-20(21)22(14)25)26-12-18-7-8-19(13-26)28(18)23(30)31-24(4,5)6/h9-11,14-15,18-19,22H,7-8,12-13,25H2,1-6H3/t14?,15-,18?,19?,22+/m0/s1. The van der Waals surface area contributed by atoms with Crippen molar-refractivity contribution in [2.45, 2.75) is 84.2 Å². The number of anilines is 2. The maximum atomic E-state index is 12.8. The molecule has 7 nitrogen and oxygen atoms in total. The number of ether oxygens (including phenoxy) is 1. The number of nitrogens with two attached hydrogens (primary N) is 1. The number of nitrogens with zero attached hydrogens (tertiary/aromatic N) is 3. The van der Waals surface area contributed by atoms with E-state index in [0.717, 1.165) is 42.9 Å². The van der Waals surface area contributed by atoms with Gasteiger partial charge in [-0.05, 0) is 70.2 Å². The largest absolute Gasteiger partial charge is 0.444 e. The number of carbonyl (C=O) groups is 2. The van der Waals surface area contributed by atoms with Gasteiger partial charge in [-0.15, -0.1) is 0 Å². The first-order valence-electron chi connectivity index (χ1n) is 11.4. The van der Waals surface area contributed by atoms with Crippen LogP contribution in [0.1, 0.15) is 66.0 Å². The highest BCUT2D eigenvalue weighted by molar-refractivity contribution is 5.94. The fraction of sp³-hybridized carbons (Fsp3) is 0.667. The third-order valence-corrected chi connectivity index (χ3v) is 7.16. The number of benzene rings is 1. The average Bonchev–Trinajstić information content (AvgIpc) is 2.94. The summed E-state index contributed by atoms with van der Waals surface area (Å²) in [6.07, 6.45) is 1.79. The zero-order valence-electron chi connectivity index (χ0n) is 19.6. The molecule has 0 aromatic heterocycles. The molecule has 3 aliphatic heterocycles. The van der Waals surface area contributed by atoms with Crippen molar-refractivity contribution in [2.75, 3.05) is 22.9 Å². The number of rotatable bonds is 1. The van der Waals surface area contributed by atoms with Gasteiger partial charge in [0.2, 0.25) is 5.91 Å². The predicted molar refractivity (Wildman–Crippen MR) is 122 cm³/mol. The van der Waals surface area contributed by atoms with Gasteiger partial charge in [0, 0.05) is 43.5 Å². The summed E-state index contributed by atoms with van der Waals surface area (Å²) in [6, 6.07) is 6.56. The van der Waals surface area contributed by atoms with Gasteiger partial charge in [0.25, 0.3) is 0 Å². The van der Waals surface area contributed by atoms with Crippen molar-refractivity contribution in [1.29, 1.82) is 0 Å². The van der Waals surface area contributed by atoms with Crippen molar-refractivity contribution in [3.63, 3.8) is 0 Å². The van der Waals surface area contributed by atoms with E-state index in [2.05, 4.69) is 30.9 Å². The third kappa shape index (κ3) is 3.88. The molecule has 31 heavy (non-hydrogen) atoms. The summed E-state index contributed by atoms with van der Waals surface area (Å²) in [5.41, 5.74) is 9.18. The topological polar surface area (TPSA) is 79.1 Å². The lowest BCUT2D eigenvalue weighted by molar-refractivity contribution is -0.117. The summed E-state index contributed by atoms with van der Waals surface area (Å²) >= 11 is 0. The fourth-order valence-corrected chi connectivity index (χ4v) is 5.45. The van der Waals surface area contributed by atoms with E-state index in [4.69, 9.17) is 10.5 Å². The lowest BCUT2D eigenvalue weighted by atomic mass is 9.83. The van der Waals surface area contributed by atoms with Gasteiger partial charge < -0.3 is 20.3 Å². The first-order valence-corrected chi connectivity index (χ1v) is 11.4. The van der Waals surface area contributed by atoms with E-state index in [-0.39, 0.29) is 42.1 Å². The van der Waals surface area contributed by atoms with Crippen LogP contribution in [0.15, 0.2) is 18.2 Å². The van der Waals surface area contributed by atoms with Gasteiger partial charge in [0.15, 0.2) is 0 Å². The maximum Gasteiger partial charge on any atom is 0.410 e. The molecule has 0 aliphatic carbocycles. The molecule has 7 heteroatoms. The van der Waals surface area contributed by atoms with Gasteiger partial charge in [-0.3, -0.25) is 9.69 Å². The van der Waals surface area contributed by atoms with Crippen LogP contribution in [0.3, 0.4) is 0 Å². The Kier molecular flexibility index (Phi) is 5.44. The smallest absolute Gasteiger partial charge is 0.410 e. The van der Waals surface area contributed by atoms with E-state index in [0.29, 0.717) is 0 Å². The monoisotopic (exact) mass is 428 g/mol. The van der Waals surface area contributed by atoms with Gasteiger partial charge in [0.05, 0.1) is 12.1 Å². The number of amides is 2. The quantitative estimate of drug-likeness (QED) is 0.738. The molecule has 4 rings (SSSR count). The summed E-state index contributed by atoms with van der Waals surface area (Å²) in [5.74, 6) is 0.219. The summed E-state index contributed by atoms with van der Waals surface area (Å²) in [7, 11) is 0. The average molecular weight is 429 g/mol. The number of hydrogen-bond acceptors (Lipinski definition) is 5. The highest BCUT2D eigenvalue weighted by Gasteiger charge is 2.45. The number of fused-ring (bicyclic) bond motifs is 3. The van der Waals surface area contributed by atoms with Crippen molar-refractivity contribution in [3.8, 4) is 0 Å². The lowest BCUT2D eigenvalue weighted by Crippen LogP contribution is -2.57. The molecule has 170 valence electrons. The molecule has 1 aromatic carbocycles. The van der Waals surface area contributed by atoms with Crippen LogP contribution in [0.4, 0.5) is 16.2 Å². The Bertz CT molecular complexity index is 866. The molecule has 0 spiro atoms. The molecule has 3 unspecified atom stereocenters. The highest BCUT2D eigenvalue weighted by atomic mass is 16.6. The van der Waals surface area contributed by atoms with Crippen LogP contribution in [0.5, 0.6) is 0 Å². The molecule has 0 radical (unpaired) electrons. The van der Waals surface area contributed by atoms with Crippen molar-refractivity contribution < 1.29 is 14.3 Å². The van der Waals surface area contributed by atoms with Crippen LogP contribution in [0, 0.1) is 5.92 Å². The Morgan fingerprint density at radius 3 is 2.26 bits per heavy atom. The van der Waals surface area contributed by atoms with Crippen LogP contribution < -0.4 is 15.5 Å². The van der Waals surface area contributed by atoms with Crippen LogP contribution in [0.25, 0.3) is 0 Å². The summed E-state index contributed by atoms with van der Waals surface area (Å²) in [4.78, 5) is 31.3. The van der Waals surface area contributed by atoms with Crippen molar-refractivity contribution in [3.05, 3.63) is 23.8 Å². The molecule has 1 aromatic rings. The van der Waals surface area contributed by atoms with Crippen molar-refractivity contribution in [1.82, 2.24) is 4.90 Å². The van der Waals surface area contributed by atoms with Gasteiger partial charge >= 0.3 is 6.09 Å². The first kappa shape index (κ1) is 21.9. The number of piperazine rings is 1. The van der Waals surface area contributed by atoms with Crippen molar-refractivity contribution >= 4 is 23.4 Å².